The average molecular weight is 142 g/mol. The SMILES string of the molecule is CC(CN)N(C)C1CCC1. The largest absolute Gasteiger partial charge is 0.329 e. The molecule has 0 amide bonds. The van der Waals surface area contributed by atoms with Gasteiger partial charge >= 0.3 is 0 Å². The van der Waals surface area contributed by atoms with Crippen LogP contribution in [-0.2, 0) is 0 Å². The molecule has 0 aliphatic heterocycles. The van der Waals surface area contributed by atoms with Crippen molar-refractivity contribution in [3.8, 4) is 0 Å². The highest BCUT2D eigenvalue weighted by atomic mass is 15.2. The number of hydrogen-bond donors (Lipinski definition) is 1. The molecule has 2 heteroatoms. The minimum atomic E-state index is 0.560. The van der Waals surface area contributed by atoms with Crippen LogP contribution in [0.3, 0.4) is 0 Å². The molecule has 1 saturated carbocycles. The van der Waals surface area contributed by atoms with Crippen molar-refractivity contribution in [2.75, 3.05) is 13.6 Å². The van der Waals surface area contributed by atoms with Crippen molar-refractivity contribution in [1.29, 1.82) is 0 Å². The van der Waals surface area contributed by atoms with Crippen LogP contribution >= 0.6 is 0 Å². The summed E-state index contributed by atoms with van der Waals surface area (Å²) in [7, 11) is 2.18. The first kappa shape index (κ1) is 8.02. The van der Waals surface area contributed by atoms with Gasteiger partial charge in [-0.25, -0.2) is 0 Å². The van der Waals surface area contributed by atoms with E-state index in [1.165, 1.54) is 19.3 Å². The molecule has 0 saturated heterocycles. The lowest BCUT2D eigenvalue weighted by molar-refractivity contribution is 0.122. The summed E-state index contributed by atoms with van der Waals surface area (Å²) in [5, 5.41) is 0. The molecule has 60 valence electrons. The molecule has 2 nitrogen and oxygen atoms in total. The lowest BCUT2D eigenvalue weighted by Crippen LogP contribution is -2.45. The molecule has 0 aromatic carbocycles. The predicted octanol–water partition coefficient (Wildman–Crippen LogP) is 0.818. The molecule has 1 aliphatic rings. The molecule has 1 atom stereocenters. The molecule has 1 rings (SSSR count). The van der Waals surface area contributed by atoms with E-state index in [-0.39, 0.29) is 0 Å². The first-order chi connectivity index (χ1) is 4.75. The predicted molar refractivity (Wildman–Crippen MR) is 43.9 cm³/mol. The van der Waals surface area contributed by atoms with Crippen molar-refractivity contribution in [1.82, 2.24) is 4.90 Å². The Balaban J connectivity index is 2.24. The van der Waals surface area contributed by atoms with Gasteiger partial charge in [-0.05, 0) is 26.8 Å². The Hall–Kier alpha value is -0.0800. The minimum absolute atomic E-state index is 0.560. The topological polar surface area (TPSA) is 29.3 Å². The Morgan fingerprint density at radius 1 is 1.60 bits per heavy atom. The molecule has 0 aromatic heterocycles. The summed E-state index contributed by atoms with van der Waals surface area (Å²) in [5.74, 6) is 0. The van der Waals surface area contributed by atoms with Gasteiger partial charge in [0.25, 0.3) is 0 Å². The van der Waals surface area contributed by atoms with Crippen LogP contribution in [0, 0.1) is 0 Å². The van der Waals surface area contributed by atoms with E-state index in [2.05, 4.69) is 18.9 Å². The van der Waals surface area contributed by atoms with E-state index >= 15 is 0 Å². The van der Waals surface area contributed by atoms with Gasteiger partial charge in [-0.3, -0.25) is 4.90 Å². The quantitative estimate of drug-likeness (QED) is 0.632. The molecule has 10 heavy (non-hydrogen) atoms. The number of nitrogens with zero attached hydrogens (tertiary/aromatic N) is 1. The van der Waals surface area contributed by atoms with Gasteiger partial charge < -0.3 is 5.73 Å². The van der Waals surface area contributed by atoms with E-state index < -0.39 is 0 Å². The van der Waals surface area contributed by atoms with E-state index in [4.69, 9.17) is 5.73 Å². The van der Waals surface area contributed by atoms with Gasteiger partial charge in [0.2, 0.25) is 0 Å². The van der Waals surface area contributed by atoms with Gasteiger partial charge in [0, 0.05) is 18.6 Å². The molecule has 0 aromatic rings. The van der Waals surface area contributed by atoms with E-state index in [0.717, 1.165) is 12.6 Å². The van der Waals surface area contributed by atoms with Gasteiger partial charge in [-0.1, -0.05) is 6.42 Å². The van der Waals surface area contributed by atoms with Crippen LogP contribution in [0.4, 0.5) is 0 Å². The van der Waals surface area contributed by atoms with Crippen LogP contribution in [0.2, 0.25) is 0 Å². The first-order valence-electron chi connectivity index (χ1n) is 4.17. The van der Waals surface area contributed by atoms with Gasteiger partial charge in [0.1, 0.15) is 0 Å². The standard InChI is InChI=1S/C8H18N2/c1-7(6-9)10(2)8-4-3-5-8/h7-8H,3-6,9H2,1-2H3. The fourth-order valence-electron chi connectivity index (χ4n) is 1.32. The van der Waals surface area contributed by atoms with Crippen LogP contribution in [0.15, 0.2) is 0 Å². The van der Waals surface area contributed by atoms with Gasteiger partial charge in [0.15, 0.2) is 0 Å². The van der Waals surface area contributed by atoms with Crippen LogP contribution in [0.1, 0.15) is 26.2 Å². The zero-order valence-corrected chi connectivity index (χ0v) is 7.01. The third kappa shape index (κ3) is 1.50. The lowest BCUT2D eigenvalue weighted by atomic mass is 9.91. The molecular formula is C8H18N2. The van der Waals surface area contributed by atoms with E-state index in [1.807, 2.05) is 0 Å². The summed E-state index contributed by atoms with van der Waals surface area (Å²) < 4.78 is 0. The molecular weight excluding hydrogens is 124 g/mol. The van der Waals surface area contributed by atoms with Crippen molar-refractivity contribution in [3.63, 3.8) is 0 Å². The van der Waals surface area contributed by atoms with Crippen molar-refractivity contribution < 1.29 is 0 Å². The third-order valence-corrected chi connectivity index (χ3v) is 2.69. The van der Waals surface area contributed by atoms with Gasteiger partial charge in [-0.2, -0.15) is 0 Å². The monoisotopic (exact) mass is 142 g/mol. The van der Waals surface area contributed by atoms with Crippen LogP contribution in [0.5, 0.6) is 0 Å². The molecule has 2 N–H and O–H groups in total. The van der Waals surface area contributed by atoms with E-state index in [0.29, 0.717) is 6.04 Å². The molecule has 0 spiro atoms. The van der Waals surface area contributed by atoms with Crippen molar-refractivity contribution in [2.45, 2.75) is 38.3 Å². The fourth-order valence-corrected chi connectivity index (χ4v) is 1.32. The maximum atomic E-state index is 5.55. The maximum absolute atomic E-state index is 5.55. The number of likely N-dealkylation sites (N-methyl/N-ethyl adjacent to an activating group) is 1. The second-order valence-electron chi connectivity index (χ2n) is 3.33. The molecule has 1 unspecified atom stereocenters. The normalized spacial score (nSPS) is 22.8. The van der Waals surface area contributed by atoms with Gasteiger partial charge in [0.05, 0.1) is 0 Å². The van der Waals surface area contributed by atoms with Crippen LogP contribution in [0.25, 0.3) is 0 Å². The number of nitrogens with two attached hydrogens (primary N) is 1. The number of rotatable bonds is 3. The Kier molecular flexibility index (Phi) is 2.69. The number of hydrogen-bond acceptors (Lipinski definition) is 2. The lowest BCUT2D eigenvalue weighted by Gasteiger charge is -2.38. The fraction of sp³-hybridized carbons (Fsp3) is 1.00. The average Bonchev–Trinajstić information content (AvgIpc) is 1.82. The van der Waals surface area contributed by atoms with Gasteiger partial charge in [-0.15, -0.1) is 0 Å². The second kappa shape index (κ2) is 3.35. The summed E-state index contributed by atoms with van der Waals surface area (Å²) in [6, 6.07) is 1.39. The molecule has 1 fully saturated rings. The highest BCUT2D eigenvalue weighted by Gasteiger charge is 2.24. The molecule has 0 radical (unpaired) electrons. The zero-order valence-electron chi connectivity index (χ0n) is 7.01. The molecule has 0 heterocycles. The Morgan fingerprint density at radius 3 is 2.50 bits per heavy atom. The second-order valence-corrected chi connectivity index (χ2v) is 3.33. The zero-order chi connectivity index (χ0) is 7.56. The van der Waals surface area contributed by atoms with Crippen molar-refractivity contribution >= 4 is 0 Å². The van der Waals surface area contributed by atoms with Crippen LogP contribution in [-0.4, -0.2) is 30.6 Å². The molecule has 1 aliphatic carbocycles. The summed E-state index contributed by atoms with van der Waals surface area (Å²) >= 11 is 0. The summed E-state index contributed by atoms with van der Waals surface area (Å²) in [6.07, 6.45) is 4.16. The summed E-state index contributed by atoms with van der Waals surface area (Å²) in [4.78, 5) is 2.41. The summed E-state index contributed by atoms with van der Waals surface area (Å²) in [6.45, 7) is 2.98. The minimum Gasteiger partial charge on any atom is -0.329 e. The highest BCUT2D eigenvalue weighted by Crippen LogP contribution is 2.24. The Morgan fingerprint density at radius 2 is 2.20 bits per heavy atom. The third-order valence-electron chi connectivity index (χ3n) is 2.69. The maximum Gasteiger partial charge on any atom is 0.0190 e. The van der Waals surface area contributed by atoms with Crippen molar-refractivity contribution in [3.05, 3.63) is 0 Å². The first-order valence-corrected chi connectivity index (χ1v) is 4.17. The van der Waals surface area contributed by atoms with Crippen LogP contribution < -0.4 is 5.73 Å². The Labute approximate surface area is 63.4 Å². The smallest absolute Gasteiger partial charge is 0.0190 e. The van der Waals surface area contributed by atoms with E-state index in [9.17, 15) is 0 Å². The van der Waals surface area contributed by atoms with Crippen molar-refractivity contribution in [2.24, 2.45) is 5.73 Å². The molecule has 0 bridgehead atoms. The highest BCUT2D eigenvalue weighted by molar-refractivity contribution is 4.81. The summed E-state index contributed by atoms with van der Waals surface area (Å²) in [5.41, 5.74) is 5.55. The Bertz CT molecular complexity index is 94.7. The van der Waals surface area contributed by atoms with E-state index in [1.54, 1.807) is 0 Å².